The molecule has 33 heavy (non-hydrogen) atoms. The van der Waals surface area contributed by atoms with Gasteiger partial charge in [-0.25, -0.2) is 4.79 Å². The molecule has 0 aromatic heterocycles. The fraction of sp³-hybridized carbons (Fsp3) is 0.286. The fourth-order valence-electron chi connectivity index (χ4n) is 4.23. The number of rotatable bonds is 4. The van der Waals surface area contributed by atoms with Crippen LogP contribution in [-0.2, 0) is 9.53 Å². The largest absolute Gasteiger partial charge is 0.444 e. The summed E-state index contributed by atoms with van der Waals surface area (Å²) in [5, 5.41) is 3.08. The summed E-state index contributed by atoms with van der Waals surface area (Å²) in [6.45, 7) is 6.30. The Morgan fingerprint density at radius 1 is 0.848 bits per heavy atom. The molecule has 1 aliphatic rings. The number of hydrogen-bond donors (Lipinski definition) is 1. The minimum absolute atomic E-state index is 0.0971. The number of nitrogens with one attached hydrogen (secondary N) is 1. The van der Waals surface area contributed by atoms with Gasteiger partial charge in [0.1, 0.15) is 5.60 Å². The van der Waals surface area contributed by atoms with Gasteiger partial charge in [0, 0.05) is 24.7 Å². The lowest BCUT2D eigenvalue weighted by Crippen LogP contribution is -2.36. The Hall–Kier alpha value is -3.60. The number of carbonyl (C=O) groups is 2. The minimum Gasteiger partial charge on any atom is -0.444 e. The molecule has 0 radical (unpaired) electrons. The minimum atomic E-state index is -0.586. The number of nitrogens with zero attached hydrogens (tertiary/aromatic N) is 1. The zero-order chi connectivity index (χ0) is 23.4. The molecule has 1 N–H and O–H groups in total. The maximum Gasteiger partial charge on any atom is 0.410 e. The van der Waals surface area contributed by atoms with E-state index in [4.69, 9.17) is 4.74 Å². The van der Waals surface area contributed by atoms with E-state index in [-0.39, 0.29) is 23.8 Å². The molecule has 2 amide bonds. The van der Waals surface area contributed by atoms with Gasteiger partial charge in [-0.3, -0.25) is 4.79 Å². The van der Waals surface area contributed by atoms with E-state index in [0.29, 0.717) is 13.1 Å². The normalized spacial score (nSPS) is 18.1. The molecule has 0 aliphatic carbocycles. The Morgan fingerprint density at radius 3 is 2.15 bits per heavy atom. The van der Waals surface area contributed by atoms with Gasteiger partial charge >= 0.3 is 6.09 Å². The molecular weight excluding hydrogens is 412 g/mol. The first-order valence-electron chi connectivity index (χ1n) is 11.3. The van der Waals surface area contributed by atoms with E-state index < -0.39 is 5.60 Å². The van der Waals surface area contributed by atoms with Gasteiger partial charge in [-0.1, -0.05) is 72.8 Å². The van der Waals surface area contributed by atoms with Gasteiger partial charge in [-0.15, -0.1) is 0 Å². The third-order valence-electron chi connectivity index (χ3n) is 5.77. The lowest BCUT2D eigenvalue weighted by atomic mass is 9.88. The number of ether oxygens (including phenoxy) is 1. The third kappa shape index (κ3) is 5.61. The number of anilines is 1. The van der Waals surface area contributed by atoms with E-state index in [1.807, 2.05) is 106 Å². The summed E-state index contributed by atoms with van der Waals surface area (Å²) in [4.78, 5) is 27.8. The molecule has 5 heteroatoms. The van der Waals surface area contributed by atoms with Crippen molar-refractivity contribution in [1.29, 1.82) is 0 Å². The Kier molecular flexibility index (Phi) is 6.50. The molecule has 0 unspecified atom stereocenters. The molecule has 1 fully saturated rings. The summed E-state index contributed by atoms with van der Waals surface area (Å²) < 4.78 is 5.57. The van der Waals surface area contributed by atoms with Crippen LogP contribution < -0.4 is 5.32 Å². The van der Waals surface area contributed by atoms with Gasteiger partial charge in [0.15, 0.2) is 0 Å². The van der Waals surface area contributed by atoms with Crippen LogP contribution in [0.3, 0.4) is 0 Å². The number of hydrogen-bond acceptors (Lipinski definition) is 3. The van der Waals surface area contributed by atoms with E-state index >= 15 is 0 Å². The van der Waals surface area contributed by atoms with E-state index in [2.05, 4.69) is 5.32 Å². The van der Waals surface area contributed by atoms with Crippen molar-refractivity contribution < 1.29 is 14.3 Å². The highest BCUT2D eigenvalue weighted by molar-refractivity contribution is 5.94. The molecule has 3 aromatic rings. The lowest BCUT2D eigenvalue weighted by molar-refractivity contribution is -0.119. The highest BCUT2D eigenvalue weighted by Gasteiger charge is 2.41. The standard InChI is InChI=1S/C28H30N2O3/c1-28(2,3)33-27(32)30-18-24(21-13-8-5-9-14-21)25(19-30)26(31)29-23-16-10-15-22(17-23)20-11-6-4-7-12-20/h4-17,24-25H,18-19H2,1-3H3,(H,29,31)/t24-,25+/m1/s1. The number of carbonyl (C=O) groups excluding carboxylic acids is 2. The summed E-state index contributed by atoms with van der Waals surface area (Å²) in [6, 6.07) is 27.8. The van der Waals surface area contributed by atoms with Crippen LogP contribution in [0.5, 0.6) is 0 Å². The van der Waals surface area contributed by atoms with Crippen molar-refractivity contribution in [2.75, 3.05) is 18.4 Å². The molecule has 3 aromatic carbocycles. The second-order valence-electron chi connectivity index (χ2n) is 9.45. The predicted octanol–water partition coefficient (Wildman–Crippen LogP) is 5.94. The Bertz CT molecular complexity index is 1110. The van der Waals surface area contributed by atoms with Gasteiger partial charge < -0.3 is 15.0 Å². The van der Waals surface area contributed by atoms with Gasteiger partial charge in [0.2, 0.25) is 5.91 Å². The van der Waals surface area contributed by atoms with E-state index in [1.54, 1.807) is 4.90 Å². The summed E-state index contributed by atoms with van der Waals surface area (Å²) in [7, 11) is 0. The molecule has 0 saturated carbocycles. The molecule has 0 bridgehead atoms. The van der Waals surface area contributed by atoms with Crippen LogP contribution in [0.15, 0.2) is 84.9 Å². The molecule has 5 nitrogen and oxygen atoms in total. The van der Waals surface area contributed by atoms with E-state index in [1.165, 1.54) is 0 Å². The maximum absolute atomic E-state index is 13.4. The molecule has 2 atom stereocenters. The van der Waals surface area contributed by atoms with Crippen LogP contribution in [0.4, 0.5) is 10.5 Å². The predicted molar refractivity (Wildman–Crippen MR) is 131 cm³/mol. The highest BCUT2D eigenvalue weighted by atomic mass is 16.6. The monoisotopic (exact) mass is 442 g/mol. The molecule has 4 rings (SSSR count). The molecule has 1 aliphatic heterocycles. The van der Waals surface area contributed by atoms with Gasteiger partial charge in [-0.2, -0.15) is 0 Å². The molecular formula is C28H30N2O3. The Morgan fingerprint density at radius 2 is 1.48 bits per heavy atom. The van der Waals surface area contributed by atoms with Crippen molar-refractivity contribution in [3.8, 4) is 11.1 Å². The van der Waals surface area contributed by atoms with Crippen LogP contribution in [0.1, 0.15) is 32.3 Å². The smallest absolute Gasteiger partial charge is 0.410 e. The third-order valence-corrected chi connectivity index (χ3v) is 5.77. The average Bonchev–Trinajstić information content (AvgIpc) is 3.25. The van der Waals surface area contributed by atoms with Crippen molar-refractivity contribution in [3.63, 3.8) is 0 Å². The number of benzene rings is 3. The van der Waals surface area contributed by atoms with Gasteiger partial charge in [0.25, 0.3) is 0 Å². The van der Waals surface area contributed by atoms with Crippen molar-refractivity contribution >= 4 is 17.7 Å². The Balaban J connectivity index is 1.55. The molecule has 1 saturated heterocycles. The van der Waals surface area contributed by atoms with Crippen LogP contribution >= 0.6 is 0 Å². The Labute approximate surface area is 195 Å². The van der Waals surface area contributed by atoms with Crippen LogP contribution in [0, 0.1) is 5.92 Å². The highest BCUT2D eigenvalue weighted by Crippen LogP contribution is 2.34. The summed E-state index contributed by atoms with van der Waals surface area (Å²) in [5.41, 5.74) is 3.32. The summed E-state index contributed by atoms with van der Waals surface area (Å²) in [6.07, 6.45) is -0.384. The van der Waals surface area contributed by atoms with Crippen molar-refractivity contribution in [1.82, 2.24) is 4.90 Å². The van der Waals surface area contributed by atoms with Gasteiger partial charge in [0.05, 0.1) is 5.92 Å². The maximum atomic E-state index is 13.4. The SMILES string of the molecule is CC(C)(C)OC(=O)N1C[C@H](C(=O)Nc2cccc(-c3ccccc3)c2)[C@@H](c2ccccc2)C1. The van der Waals surface area contributed by atoms with Crippen molar-refractivity contribution in [3.05, 3.63) is 90.5 Å². The number of likely N-dealkylation sites (tertiary alicyclic amines) is 1. The summed E-state index contributed by atoms with van der Waals surface area (Å²) >= 11 is 0. The second-order valence-corrected chi connectivity index (χ2v) is 9.45. The quantitative estimate of drug-likeness (QED) is 0.544. The van der Waals surface area contributed by atoms with E-state index in [9.17, 15) is 9.59 Å². The first kappa shape index (κ1) is 22.6. The van der Waals surface area contributed by atoms with Crippen LogP contribution in [-0.4, -0.2) is 35.6 Å². The fourth-order valence-corrected chi connectivity index (χ4v) is 4.23. The second kappa shape index (κ2) is 9.49. The number of amides is 2. The van der Waals surface area contributed by atoms with Crippen molar-refractivity contribution in [2.45, 2.75) is 32.3 Å². The van der Waals surface area contributed by atoms with Crippen molar-refractivity contribution in [2.24, 2.45) is 5.92 Å². The zero-order valence-corrected chi connectivity index (χ0v) is 19.3. The van der Waals surface area contributed by atoms with Gasteiger partial charge in [-0.05, 0) is 49.6 Å². The van der Waals surface area contributed by atoms with E-state index in [0.717, 1.165) is 22.4 Å². The molecule has 170 valence electrons. The average molecular weight is 443 g/mol. The lowest BCUT2D eigenvalue weighted by Gasteiger charge is -2.24. The first-order valence-corrected chi connectivity index (χ1v) is 11.3. The topological polar surface area (TPSA) is 58.6 Å². The first-order chi connectivity index (χ1) is 15.8. The summed E-state index contributed by atoms with van der Waals surface area (Å²) in [5.74, 6) is -0.573. The molecule has 0 spiro atoms. The molecule has 1 heterocycles. The zero-order valence-electron chi connectivity index (χ0n) is 19.3. The van der Waals surface area contributed by atoms with Crippen LogP contribution in [0.25, 0.3) is 11.1 Å². The van der Waals surface area contributed by atoms with Crippen LogP contribution in [0.2, 0.25) is 0 Å².